The molecule has 1 amide bonds. The van der Waals surface area contributed by atoms with E-state index in [1.165, 1.54) is 5.56 Å². The van der Waals surface area contributed by atoms with Crippen LogP contribution in [-0.2, 0) is 24.2 Å². The lowest BCUT2D eigenvalue weighted by atomic mass is 10.1. The maximum Gasteiger partial charge on any atom is 0.230 e. The van der Waals surface area contributed by atoms with Crippen LogP contribution in [0.3, 0.4) is 0 Å². The number of aryl methyl sites for hydroxylation is 2. The maximum atomic E-state index is 12.5. The van der Waals surface area contributed by atoms with E-state index in [9.17, 15) is 4.79 Å². The molecule has 0 aliphatic carbocycles. The minimum atomic E-state index is -0.151. The van der Waals surface area contributed by atoms with Crippen molar-refractivity contribution < 1.29 is 14.3 Å². The molecule has 158 valence electrons. The summed E-state index contributed by atoms with van der Waals surface area (Å²) < 4.78 is 13.9. The normalized spacial score (nSPS) is 10.6. The van der Waals surface area contributed by atoms with Gasteiger partial charge in [-0.1, -0.05) is 15.9 Å². The van der Waals surface area contributed by atoms with Crippen LogP contribution in [0.15, 0.2) is 53.4 Å². The summed E-state index contributed by atoms with van der Waals surface area (Å²) in [6, 6.07) is 9.44. The van der Waals surface area contributed by atoms with Crippen molar-refractivity contribution in [3.63, 3.8) is 0 Å². The van der Waals surface area contributed by atoms with Crippen molar-refractivity contribution in [3.05, 3.63) is 64.5 Å². The standard InChI is InChI=1S/C22H25BrN4O3/c1-3-29-19-13-17(18(23)15-20(19)30-4-2)14-22(28)25-21-8-12-27(26-21)11-7-16-5-9-24-10-6-16/h5-6,8-10,12-13,15H,3-4,7,11,14H2,1-2H3,(H,25,26,28). The number of nitrogens with one attached hydrogen (secondary N) is 1. The molecule has 0 unspecified atom stereocenters. The van der Waals surface area contributed by atoms with Gasteiger partial charge in [-0.2, -0.15) is 5.10 Å². The second-order valence-corrected chi connectivity index (χ2v) is 7.41. The van der Waals surface area contributed by atoms with Crippen LogP contribution in [0.4, 0.5) is 5.82 Å². The van der Waals surface area contributed by atoms with Crippen molar-refractivity contribution in [1.29, 1.82) is 0 Å². The van der Waals surface area contributed by atoms with Gasteiger partial charge in [0.05, 0.1) is 19.6 Å². The number of rotatable bonds is 10. The molecule has 0 bridgehead atoms. The van der Waals surface area contributed by atoms with Crippen molar-refractivity contribution >= 4 is 27.7 Å². The number of ether oxygens (including phenoxy) is 2. The average Bonchev–Trinajstić information content (AvgIpc) is 3.18. The van der Waals surface area contributed by atoms with Crippen LogP contribution in [0.1, 0.15) is 25.0 Å². The molecule has 1 N–H and O–H groups in total. The van der Waals surface area contributed by atoms with Crippen LogP contribution in [0, 0.1) is 0 Å². The average molecular weight is 473 g/mol. The highest BCUT2D eigenvalue weighted by Crippen LogP contribution is 2.34. The lowest BCUT2D eigenvalue weighted by Gasteiger charge is -2.14. The minimum Gasteiger partial charge on any atom is -0.490 e. The molecule has 0 aliphatic rings. The van der Waals surface area contributed by atoms with E-state index in [1.807, 2.05) is 49.0 Å². The Morgan fingerprint density at radius 2 is 1.80 bits per heavy atom. The summed E-state index contributed by atoms with van der Waals surface area (Å²) in [6.45, 7) is 5.61. The Morgan fingerprint density at radius 1 is 1.10 bits per heavy atom. The van der Waals surface area contributed by atoms with E-state index in [0.29, 0.717) is 30.5 Å². The number of aromatic nitrogens is 3. The molecular weight excluding hydrogens is 448 g/mol. The van der Waals surface area contributed by atoms with Gasteiger partial charge in [0, 0.05) is 35.7 Å². The third-order valence-corrected chi connectivity index (χ3v) is 5.09. The van der Waals surface area contributed by atoms with Crippen LogP contribution in [0.25, 0.3) is 0 Å². The maximum absolute atomic E-state index is 12.5. The molecule has 0 fully saturated rings. The number of pyridine rings is 1. The van der Waals surface area contributed by atoms with E-state index in [1.54, 1.807) is 18.5 Å². The lowest BCUT2D eigenvalue weighted by molar-refractivity contribution is -0.115. The molecule has 3 rings (SSSR count). The van der Waals surface area contributed by atoms with Gasteiger partial charge in [-0.05, 0) is 55.7 Å². The number of halogens is 1. The smallest absolute Gasteiger partial charge is 0.230 e. The van der Waals surface area contributed by atoms with Gasteiger partial charge in [0.2, 0.25) is 5.91 Å². The summed E-state index contributed by atoms with van der Waals surface area (Å²) in [7, 11) is 0. The molecule has 0 aliphatic heterocycles. The Kier molecular flexibility index (Phi) is 7.84. The number of benzene rings is 1. The Labute approximate surface area is 184 Å². The van der Waals surface area contributed by atoms with Crippen molar-refractivity contribution in [1.82, 2.24) is 14.8 Å². The first-order valence-electron chi connectivity index (χ1n) is 9.89. The molecule has 7 nitrogen and oxygen atoms in total. The number of hydrogen-bond donors (Lipinski definition) is 1. The van der Waals surface area contributed by atoms with Gasteiger partial charge < -0.3 is 14.8 Å². The number of carbonyl (C=O) groups is 1. The van der Waals surface area contributed by atoms with Crippen molar-refractivity contribution in [2.24, 2.45) is 0 Å². The molecule has 30 heavy (non-hydrogen) atoms. The highest BCUT2D eigenvalue weighted by Gasteiger charge is 2.14. The summed E-state index contributed by atoms with van der Waals surface area (Å²) in [5, 5.41) is 7.28. The molecule has 0 saturated carbocycles. The molecule has 0 spiro atoms. The lowest BCUT2D eigenvalue weighted by Crippen LogP contribution is -2.16. The summed E-state index contributed by atoms with van der Waals surface area (Å²) in [4.78, 5) is 16.6. The molecule has 3 aromatic rings. The predicted molar refractivity (Wildman–Crippen MR) is 119 cm³/mol. The first-order valence-corrected chi connectivity index (χ1v) is 10.7. The predicted octanol–water partition coefficient (Wildman–Crippen LogP) is 4.26. The molecule has 1 aromatic carbocycles. The fourth-order valence-electron chi connectivity index (χ4n) is 2.96. The van der Waals surface area contributed by atoms with Gasteiger partial charge in [-0.3, -0.25) is 14.5 Å². The van der Waals surface area contributed by atoms with Gasteiger partial charge in [0.1, 0.15) is 0 Å². The molecule has 0 atom stereocenters. The van der Waals surface area contributed by atoms with Crippen LogP contribution in [0.2, 0.25) is 0 Å². The summed E-state index contributed by atoms with van der Waals surface area (Å²) in [5.41, 5.74) is 2.01. The molecule has 2 aromatic heterocycles. The van der Waals surface area contributed by atoms with E-state index < -0.39 is 0 Å². The fourth-order valence-corrected chi connectivity index (χ4v) is 3.42. The van der Waals surface area contributed by atoms with E-state index in [0.717, 1.165) is 23.0 Å². The molecule has 8 heteroatoms. The summed E-state index contributed by atoms with van der Waals surface area (Å²) in [5.74, 6) is 1.66. The SMILES string of the molecule is CCOc1cc(Br)c(CC(=O)Nc2ccn(CCc3ccncc3)n2)cc1OCC. The Morgan fingerprint density at radius 3 is 2.50 bits per heavy atom. The quantitative estimate of drug-likeness (QED) is 0.476. The zero-order chi connectivity index (χ0) is 21.3. The molecule has 0 radical (unpaired) electrons. The highest BCUT2D eigenvalue weighted by atomic mass is 79.9. The molecule has 0 saturated heterocycles. The zero-order valence-electron chi connectivity index (χ0n) is 17.1. The van der Waals surface area contributed by atoms with Gasteiger partial charge in [-0.15, -0.1) is 0 Å². The Hall–Kier alpha value is -2.87. The van der Waals surface area contributed by atoms with E-state index in [4.69, 9.17) is 9.47 Å². The number of nitrogens with zero attached hydrogens (tertiary/aromatic N) is 3. The largest absolute Gasteiger partial charge is 0.490 e. The van der Waals surface area contributed by atoms with E-state index >= 15 is 0 Å². The number of hydrogen-bond acceptors (Lipinski definition) is 5. The van der Waals surface area contributed by atoms with Crippen LogP contribution >= 0.6 is 15.9 Å². The second kappa shape index (κ2) is 10.8. The first kappa shape index (κ1) is 21.8. The van der Waals surface area contributed by atoms with Crippen LogP contribution in [-0.4, -0.2) is 33.9 Å². The van der Waals surface area contributed by atoms with Gasteiger partial charge in [0.25, 0.3) is 0 Å². The van der Waals surface area contributed by atoms with Crippen LogP contribution < -0.4 is 14.8 Å². The monoisotopic (exact) mass is 472 g/mol. The minimum absolute atomic E-state index is 0.151. The number of anilines is 1. The van der Waals surface area contributed by atoms with Crippen LogP contribution in [0.5, 0.6) is 11.5 Å². The van der Waals surface area contributed by atoms with Gasteiger partial charge in [-0.25, -0.2) is 0 Å². The van der Waals surface area contributed by atoms with E-state index in [2.05, 4.69) is 31.3 Å². The summed E-state index contributed by atoms with van der Waals surface area (Å²) >= 11 is 3.52. The topological polar surface area (TPSA) is 78.3 Å². The Bertz CT molecular complexity index is 976. The number of carbonyl (C=O) groups excluding carboxylic acids is 1. The van der Waals surface area contributed by atoms with E-state index in [-0.39, 0.29) is 12.3 Å². The summed E-state index contributed by atoms with van der Waals surface area (Å²) in [6.07, 6.45) is 6.45. The number of amides is 1. The van der Waals surface area contributed by atoms with Crippen molar-refractivity contribution in [3.8, 4) is 11.5 Å². The Balaban J connectivity index is 1.60. The van der Waals surface area contributed by atoms with Crippen molar-refractivity contribution in [2.45, 2.75) is 33.2 Å². The van der Waals surface area contributed by atoms with Crippen molar-refractivity contribution in [2.75, 3.05) is 18.5 Å². The van der Waals surface area contributed by atoms with Gasteiger partial charge >= 0.3 is 0 Å². The molecule has 2 heterocycles. The zero-order valence-corrected chi connectivity index (χ0v) is 18.7. The highest BCUT2D eigenvalue weighted by molar-refractivity contribution is 9.10. The molecular formula is C22H25BrN4O3. The first-order chi connectivity index (χ1) is 14.6. The van der Waals surface area contributed by atoms with Gasteiger partial charge in [0.15, 0.2) is 17.3 Å². The second-order valence-electron chi connectivity index (χ2n) is 6.55. The third kappa shape index (κ3) is 6.06. The fraction of sp³-hybridized carbons (Fsp3) is 0.318. The third-order valence-electron chi connectivity index (χ3n) is 4.35.